The molecule has 0 radical (unpaired) electrons. The Morgan fingerprint density at radius 1 is 0.612 bits per heavy atom. The van der Waals surface area contributed by atoms with Gasteiger partial charge >= 0.3 is 11.9 Å². The van der Waals surface area contributed by atoms with Gasteiger partial charge in [-0.25, -0.2) is 9.59 Å². The first kappa shape index (κ1) is 32.0. The molecule has 8 aliphatic rings. The zero-order chi connectivity index (χ0) is 33.5. The van der Waals surface area contributed by atoms with E-state index in [1.807, 2.05) is 42.5 Å². The third kappa shape index (κ3) is 5.69. The van der Waals surface area contributed by atoms with Crippen LogP contribution in [0.4, 0.5) is 0 Å². The normalized spacial score (nSPS) is 35.0. The molecule has 8 aliphatic carbocycles. The van der Waals surface area contributed by atoms with E-state index in [9.17, 15) is 9.59 Å². The van der Waals surface area contributed by atoms with Crippen LogP contribution in [0, 0.1) is 46.3 Å². The number of carbonyl (C=O) groups excluding carboxylic acids is 2. The van der Waals surface area contributed by atoms with Gasteiger partial charge in [0.05, 0.1) is 0 Å². The van der Waals surface area contributed by atoms with Crippen LogP contribution in [0.5, 0.6) is 11.5 Å². The highest BCUT2D eigenvalue weighted by atomic mass is 35.5. The Labute approximate surface area is 294 Å². The van der Waals surface area contributed by atoms with Crippen molar-refractivity contribution in [2.24, 2.45) is 46.3 Å². The topological polar surface area (TPSA) is 71.1 Å². The fourth-order valence-electron chi connectivity index (χ4n) is 12.7. The zero-order valence-electron chi connectivity index (χ0n) is 28.9. The predicted molar refractivity (Wildman–Crippen MR) is 190 cm³/mol. The minimum Gasteiger partial charge on any atom is -0.481 e. The predicted octanol–water partition coefficient (Wildman–Crippen LogP) is 9.70. The number of esters is 2. The fraction of sp³-hybridized carbons (Fsp3) is 0.619. The van der Waals surface area contributed by atoms with E-state index in [1.165, 1.54) is 77.0 Å². The molecule has 0 aromatic heterocycles. The highest BCUT2D eigenvalue weighted by Crippen LogP contribution is 2.63. The largest absolute Gasteiger partial charge is 0.481 e. The molecule has 2 atom stereocenters. The smallest absolute Gasteiger partial charge is 0.344 e. The number of rotatable bonds is 10. The molecule has 260 valence electrons. The molecule has 0 amide bonds. The van der Waals surface area contributed by atoms with Gasteiger partial charge in [0.2, 0.25) is 0 Å². The molecule has 0 spiro atoms. The van der Waals surface area contributed by atoms with Crippen molar-refractivity contribution < 1.29 is 28.5 Å². The summed E-state index contributed by atoms with van der Waals surface area (Å²) in [5.41, 5.74) is 0.234. The van der Waals surface area contributed by atoms with Gasteiger partial charge in [-0.15, -0.1) is 0 Å². The van der Waals surface area contributed by atoms with Crippen LogP contribution in [-0.4, -0.2) is 37.4 Å². The van der Waals surface area contributed by atoms with Gasteiger partial charge in [-0.05, 0) is 145 Å². The van der Waals surface area contributed by atoms with Crippen molar-refractivity contribution in [3.8, 4) is 11.5 Å². The summed E-state index contributed by atoms with van der Waals surface area (Å²) in [5, 5.41) is 3.60. The summed E-state index contributed by atoms with van der Waals surface area (Å²) in [6.07, 6.45) is 15.0. The minimum absolute atomic E-state index is 0.116. The maximum atomic E-state index is 13.3. The molecule has 8 saturated carbocycles. The third-order valence-electron chi connectivity index (χ3n) is 14.1. The molecule has 0 heterocycles. The maximum absolute atomic E-state index is 13.3. The van der Waals surface area contributed by atoms with E-state index < -0.39 is 0 Å². The van der Waals surface area contributed by atoms with E-state index in [2.05, 4.69) is 13.8 Å². The van der Waals surface area contributed by atoms with Crippen LogP contribution in [-0.2, 0) is 19.1 Å². The minimum atomic E-state index is -0.348. The van der Waals surface area contributed by atoms with E-state index in [4.69, 9.17) is 30.5 Å². The summed E-state index contributed by atoms with van der Waals surface area (Å²) in [4.78, 5) is 26.7. The second kappa shape index (κ2) is 12.1. The van der Waals surface area contributed by atoms with Gasteiger partial charge in [0.1, 0.15) is 23.7 Å². The first-order valence-corrected chi connectivity index (χ1v) is 19.3. The Morgan fingerprint density at radius 3 is 1.39 bits per heavy atom. The van der Waals surface area contributed by atoms with Crippen LogP contribution < -0.4 is 9.47 Å². The molecule has 3 aromatic carbocycles. The first-order valence-electron chi connectivity index (χ1n) is 18.9. The van der Waals surface area contributed by atoms with Gasteiger partial charge in [-0.2, -0.15) is 0 Å². The Balaban J connectivity index is 0.917. The van der Waals surface area contributed by atoms with Gasteiger partial charge in [0.25, 0.3) is 0 Å². The molecule has 11 rings (SSSR count). The molecule has 0 saturated heterocycles. The Kier molecular flexibility index (Phi) is 7.87. The summed E-state index contributed by atoms with van der Waals surface area (Å²) in [5.74, 6) is 5.19. The van der Waals surface area contributed by atoms with Gasteiger partial charge < -0.3 is 18.9 Å². The molecule has 8 bridgehead atoms. The van der Waals surface area contributed by atoms with E-state index >= 15 is 0 Å². The highest BCUT2D eigenvalue weighted by molar-refractivity contribution is 6.31. The molecule has 6 nitrogen and oxygen atoms in total. The van der Waals surface area contributed by atoms with Crippen LogP contribution >= 0.6 is 11.6 Å². The van der Waals surface area contributed by atoms with Gasteiger partial charge in [-0.3, -0.25) is 0 Å². The van der Waals surface area contributed by atoms with Crippen LogP contribution in [0.3, 0.4) is 0 Å². The molecule has 0 N–H and O–H groups in total. The lowest BCUT2D eigenvalue weighted by molar-refractivity contribution is -0.172. The van der Waals surface area contributed by atoms with Crippen molar-refractivity contribution in [3.05, 3.63) is 47.5 Å². The zero-order valence-corrected chi connectivity index (χ0v) is 29.6. The fourth-order valence-corrected chi connectivity index (χ4v) is 12.9. The Hall–Kier alpha value is -2.99. The molecule has 49 heavy (non-hydrogen) atoms. The molecule has 8 fully saturated rings. The van der Waals surface area contributed by atoms with E-state index in [-0.39, 0.29) is 48.2 Å². The first-order chi connectivity index (χ1) is 23.6. The average molecular weight is 685 g/mol. The molecule has 0 aliphatic heterocycles. The number of hydrogen-bond acceptors (Lipinski definition) is 6. The summed E-state index contributed by atoms with van der Waals surface area (Å²) < 4.78 is 24.9. The second-order valence-electron chi connectivity index (χ2n) is 17.3. The lowest BCUT2D eigenvalue weighted by Gasteiger charge is -2.58. The van der Waals surface area contributed by atoms with Gasteiger partial charge in [0, 0.05) is 37.4 Å². The van der Waals surface area contributed by atoms with Crippen molar-refractivity contribution >= 4 is 45.1 Å². The molecule has 7 heteroatoms. The molecular formula is C42H49ClO6. The van der Waals surface area contributed by atoms with Crippen molar-refractivity contribution in [1.82, 2.24) is 0 Å². The highest BCUT2D eigenvalue weighted by Gasteiger charge is 2.55. The van der Waals surface area contributed by atoms with Crippen molar-refractivity contribution in [2.75, 3.05) is 13.2 Å². The number of ether oxygens (including phenoxy) is 4. The van der Waals surface area contributed by atoms with E-state index in [0.29, 0.717) is 16.5 Å². The SMILES string of the molecule is CC(OC(=O)COc1c2ccccc2c(OCC(=O)OC(C)C23CC4CC(CC(C4)C2)C3)c2cc(Cl)ccc12)C12CC3CC(CC(C3)C1)C2. The standard InChI is InChI=1S/C42H49ClO6/c1-24(41-16-26-9-27(17-41)11-28(10-26)18-41)48-37(44)22-46-39-33-5-3-4-6-34(33)40(36-15-32(43)7-8-35(36)39)47-23-38(45)49-25(2)42-19-29-12-30(20-42)14-31(13-29)21-42/h3-8,15,24-31H,9-14,16-23H2,1-2H3. The van der Waals surface area contributed by atoms with Crippen LogP contribution in [0.15, 0.2) is 42.5 Å². The number of carbonyl (C=O) groups is 2. The second-order valence-corrected chi connectivity index (χ2v) is 17.7. The van der Waals surface area contributed by atoms with E-state index in [1.54, 1.807) is 0 Å². The third-order valence-corrected chi connectivity index (χ3v) is 14.3. The Bertz CT molecular complexity index is 1730. The average Bonchev–Trinajstić information content (AvgIpc) is 3.05. The number of fused-ring (bicyclic) bond motifs is 2. The van der Waals surface area contributed by atoms with Crippen molar-refractivity contribution in [1.29, 1.82) is 0 Å². The summed E-state index contributed by atoms with van der Waals surface area (Å²) in [6.45, 7) is 3.81. The summed E-state index contributed by atoms with van der Waals surface area (Å²) in [7, 11) is 0. The molecule has 2 unspecified atom stereocenters. The quantitative estimate of drug-likeness (QED) is 0.156. The number of halogens is 1. The molecule has 3 aromatic rings. The Morgan fingerprint density at radius 2 is 0.980 bits per heavy atom. The van der Waals surface area contributed by atoms with Gasteiger partial charge in [-0.1, -0.05) is 35.9 Å². The lowest BCUT2D eigenvalue weighted by Crippen LogP contribution is -2.52. The van der Waals surface area contributed by atoms with Crippen molar-refractivity contribution in [3.63, 3.8) is 0 Å². The lowest BCUT2D eigenvalue weighted by atomic mass is 9.48. The van der Waals surface area contributed by atoms with Crippen LogP contribution in [0.1, 0.15) is 90.9 Å². The van der Waals surface area contributed by atoms with Gasteiger partial charge in [0.15, 0.2) is 13.2 Å². The monoisotopic (exact) mass is 684 g/mol. The summed E-state index contributed by atoms with van der Waals surface area (Å²) in [6, 6.07) is 13.3. The van der Waals surface area contributed by atoms with Crippen molar-refractivity contribution in [2.45, 2.75) is 103 Å². The summed E-state index contributed by atoms with van der Waals surface area (Å²) >= 11 is 6.53. The number of hydrogen-bond donors (Lipinski definition) is 0. The molecular weight excluding hydrogens is 636 g/mol. The number of benzene rings is 3. The maximum Gasteiger partial charge on any atom is 0.344 e. The van der Waals surface area contributed by atoms with Crippen LogP contribution in [0.25, 0.3) is 21.5 Å². The van der Waals surface area contributed by atoms with E-state index in [0.717, 1.165) is 57.1 Å². The van der Waals surface area contributed by atoms with Crippen LogP contribution in [0.2, 0.25) is 5.02 Å².